The summed E-state index contributed by atoms with van der Waals surface area (Å²) in [5, 5.41) is 0. The van der Waals surface area contributed by atoms with Gasteiger partial charge in [0.2, 0.25) is 0 Å². The molecule has 1 heterocycles. The van der Waals surface area contributed by atoms with E-state index in [1.165, 1.54) is 0 Å². The van der Waals surface area contributed by atoms with Crippen molar-refractivity contribution in [3.05, 3.63) is 0 Å². The van der Waals surface area contributed by atoms with Crippen molar-refractivity contribution in [2.24, 2.45) is 5.73 Å². The first-order valence-electron chi connectivity index (χ1n) is 3.65. The van der Waals surface area contributed by atoms with Crippen LogP contribution in [0.25, 0.3) is 0 Å². The van der Waals surface area contributed by atoms with Gasteiger partial charge in [-0.2, -0.15) is 0 Å². The summed E-state index contributed by atoms with van der Waals surface area (Å²) in [6.45, 7) is 0.830. The minimum Gasteiger partial charge on any atom is -0.378 e. The summed E-state index contributed by atoms with van der Waals surface area (Å²) >= 11 is 0. The maximum Gasteiger partial charge on any atom is 0.136 e. The van der Waals surface area contributed by atoms with Gasteiger partial charge in [0.15, 0.2) is 0 Å². The summed E-state index contributed by atoms with van der Waals surface area (Å²) in [6.07, 6.45) is 3.86. The lowest BCUT2D eigenvalue weighted by atomic mass is 10.1. The summed E-state index contributed by atoms with van der Waals surface area (Å²) in [4.78, 5) is 10.1. The maximum absolute atomic E-state index is 10.1. The van der Waals surface area contributed by atoms with Gasteiger partial charge in [0.1, 0.15) is 6.29 Å². The van der Waals surface area contributed by atoms with Gasteiger partial charge in [-0.25, -0.2) is 0 Å². The highest BCUT2D eigenvalue weighted by atomic mass is 16.5. The molecule has 2 atom stereocenters. The molecule has 1 saturated heterocycles. The van der Waals surface area contributed by atoms with Gasteiger partial charge in [-0.3, -0.25) is 0 Å². The molecule has 10 heavy (non-hydrogen) atoms. The molecule has 0 aromatic carbocycles. The van der Waals surface area contributed by atoms with Crippen molar-refractivity contribution in [3.63, 3.8) is 0 Å². The Hall–Kier alpha value is -0.410. The molecule has 0 bridgehead atoms. The maximum atomic E-state index is 10.1. The van der Waals surface area contributed by atoms with Crippen LogP contribution in [0.2, 0.25) is 0 Å². The standard InChI is InChI=1S/C7H13NO2/c8-6(5-9)4-7-2-1-3-10-7/h5-7H,1-4,8H2. The van der Waals surface area contributed by atoms with Gasteiger partial charge < -0.3 is 15.3 Å². The number of carbonyl (C=O) groups excluding carboxylic acids is 1. The third-order valence-electron chi connectivity index (χ3n) is 1.73. The zero-order chi connectivity index (χ0) is 7.40. The number of nitrogens with two attached hydrogens (primary N) is 1. The first-order chi connectivity index (χ1) is 4.83. The topological polar surface area (TPSA) is 52.3 Å². The Labute approximate surface area is 60.5 Å². The molecule has 1 fully saturated rings. The molecule has 3 heteroatoms. The van der Waals surface area contributed by atoms with Crippen LogP contribution in [0.5, 0.6) is 0 Å². The SMILES string of the molecule is NC(C=O)CC1CCCO1. The highest BCUT2D eigenvalue weighted by molar-refractivity contribution is 5.56. The van der Waals surface area contributed by atoms with Crippen LogP contribution in [0.1, 0.15) is 19.3 Å². The molecule has 0 aromatic heterocycles. The monoisotopic (exact) mass is 143 g/mol. The van der Waals surface area contributed by atoms with Crippen LogP contribution < -0.4 is 5.73 Å². The van der Waals surface area contributed by atoms with Crippen molar-refractivity contribution >= 4 is 6.29 Å². The lowest BCUT2D eigenvalue weighted by Crippen LogP contribution is -2.26. The number of aldehydes is 1. The highest BCUT2D eigenvalue weighted by Crippen LogP contribution is 2.15. The van der Waals surface area contributed by atoms with Crippen molar-refractivity contribution < 1.29 is 9.53 Å². The fraction of sp³-hybridized carbons (Fsp3) is 0.857. The Bertz CT molecular complexity index is 110. The van der Waals surface area contributed by atoms with E-state index in [1.807, 2.05) is 0 Å². The molecule has 0 aromatic rings. The number of carbonyl (C=O) groups is 1. The molecule has 1 rings (SSSR count). The molecular weight excluding hydrogens is 130 g/mol. The van der Waals surface area contributed by atoms with Gasteiger partial charge in [0.25, 0.3) is 0 Å². The zero-order valence-corrected chi connectivity index (χ0v) is 5.95. The van der Waals surface area contributed by atoms with E-state index in [4.69, 9.17) is 10.5 Å². The minimum absolute atomic E-state index is 0.236. The molecule has 2 unspecified atom stereocenters. The van der Waals surface area contributed by atoms with Gasteiger partial charge in [0, 0.05) is 6.61 Å². The van der Waals surface area contributed by atoms with Crippen LogP contribution in [-0.2, 0) is 9.53 Å². The Kier molecular flexibility index (Phi) is 2.83. The Morgan fingerprint density at radius 2 is 2.60 bits per heavy atom. The molecule has 3 nitrogen and oxygen atoms in total. The summed E-state index contributed by atoms with van der Waals surface area (Å²) in [5.41, 5.74) is 5.40. The van der Waals surface area contributed by atoms with Crippen LogP contribution in [0.3, 0.4) is 0 Å². The Balaban J connectivity index is 2.17. The van der Waals surface area contributed by atoms with E-state index in [2.05, 4.69) is 0 Å². The van der Waals surface area contributed by atoms with Crippen molar-refractivity contribution in [1.29, 1.82) is 0 Å². The highest BCUT2D eigenvalue weighted by Gasteiger charge is 2.17. The fourth-order valence-corrected chi connectivity index (χ4v) is 1.19. The van der Waals surface area contributed by atoms with Crippen LogP contribution >= 0.6 is 0 Å². The number of ether oxygens (including phenoxy) is 1. The third kappa shape index (κ3) is 2.08. The third-order valence-corrected chi connectivity index (χ3v) is 1.73. The quantitative estimate of drug-likeness (QED) is 0.569. The van der Waals surface area contributed by atoms with Gasteiger partial charge in [-0.05, 0) is 19.3 Å². The number of rotatable bonds is 3. The number of hydrogen-bond acceptors (Lipinski definition) is 3. The predicted octanol–water partition coefficient (Wildman–Crippen LogP) is 0.0817. The molecule has 2 N–H and O–H groups in total. The van der Waals surface area contributed by atoms with Gasteiger partial charge in [-0.1, -0.05) is 0 Å². The molecule has 0 amide bonds. The van der Waals surface area contributed by atoms with Crippen LogP contribution in [-0.4, -0.2) is 25.0 Å². The van der Waals surface area contributed by atoms with Crippen LogP contribution in [0, 0.1) is 0 Å². The van der Waals surface area contributed by atoms with Gasteiger partial charge >= 0.3 is 0 Å². The van der Waals surface area contributed by atoms with Gasteiger partial charge in [-0.15, -0.1) is 0 Å². The van der Waals surface area contributed by atoms with Crippen LogP contribution in [0.4, 0.5) is 0 Å². The number of hydrogen-bond donors (Lipinski definition) is 1. The van der Waals surface area contributed by atoms with Crippen molar-refractivity contribution in [2.75, 3.05) is 6.61 Å². The van der Waals surface area contributed by atoms with E-state index >= 15 is 0 Å². The summed E-state index contributed by atoms with van der Waals surface area (Å²) in [6, 6.07) is -0.330. The molecule has 0 spiro atoms. The summed E-state index contributed by atoms with van der Waals surface area (Å²) in [7, 11) is 0. The summed E-state index contributed by atoms with van der Waals surface area (Å²) < 4.78 is 5.29. The molecule has 0 saturated carbocycles. The summed E-state index contributed by atoms with van der Waals surface area (Å²) in [5.74, 6) is 0. The average Bonchev–Trinajstić information content (AvgIpc) is 2.40. The van der Waals surface area contributed by atoms with E-state index in [-0.39, 0.29) is 12.1 Å². The van der Waals surface area contributed by atoms with E-state index in [1.54, 1.807) is 0 Å². The zero-order valence-electron chi connectivity index (χ0n) is 5.95. The second-order valence-corrected chi connectivity index (χ2v) is 2.67. The lowest BCUT2D eigenvalue weighted by Gasteiger charge is -2.09. The largest absolute Gasteiger partial charge is 0.378 e. The first kappa shape index (κ1) is 7.69. The average molecular weight is 143 g/mol. The molecular formula is C7H13NO2. The lowest BCUT2D eigenvalue weighted by molar-refractivity contribution is -0.109. The second kappa shape index (κ2) is 3.68. The fourth-order valence-electron chi connectivity index (χ4n) is 1.19. The Morgan fingerprint density at radius 3 is 3.10 bits per heavy atom. The molecule has 0 aliphatic carbocycles. The molecule has 1 aliphatic rings. The smallest absolute Gasteiger partial charge is 0.136 e. The predicted molar refractivity (Wildman–Crippen MR) is 37.6 cm³/mol. The van der Waals surface area contributed by atoms with E-state index in [0.29, 0.717) is 6.42 Å². The normalized spacial score (nSPS) is 28.3. The van der Waals surface area contributed by atoms with Gasteiger partial charge in [0.05, 0.1) is 12.1 Å². The van der Waals surface area contributed by atoms with Crippen LogP contribution in [0.15, 0.2) is 0 Å². The van der Waals surface area contributed by atoms with Crippen molar-refractivity contribution in [3.8, 4) is 0 Å². The second-order valence-electron chi connectivity index (χ2n) is 2.67. The molecule has 1 aliphatic heterocycles. The van der Waals surface area contributed by atoms with E-state index in [0.717, 1.165) is 25.7 Å². The van der Waals surface area contributed by atoms with Crippen molar-refractivity contribution in [2.45, 2.75) is 31.4 Å². The molecule has 0 radical (unpaired) electrons. The van der Waals surface area contributed by atoms with E-state index in [9.17, 15) is 4.79 Å². The minimum atomic E-state index is -0.330. The van der Waals surface area contributed by atoms with E-state index < -0.39 is 0 Å². The Morgan fingerprint density at radius 1 is 1.80 bits per heavy atom. The first-order valence-corrected chi connectivity index (χ1v) is 3.65. The molecule has 58 valence electrons. The van der Waals surface area contributed by atoms with Crippen molar-refractivity contribution in [1.82, 2.24) is 0 Å².